The number of hydrogen-bond acceptors (Lipinski definition) is 1. The quantitative estimate of drug-likeness (QED) is 0.560. The van der Waals surface area contributed by atoms with Crippen LogP contribution in [0.3, 0.4) is 0 Å². The van der Waals surface area contributed by atoms with Crippen LogP contribution in [0.25, 0.3) is 6.08 Å². The van der Waals surface area contributed by atoms with E-state index in [2.05, 4.69) is 53.3 Å². The van der Waals surface area contributed by atoms with Gasteiger partial charge in [-0.15, -0.1) is 0 Å². The Kier molecular flexibility index (Phi) is 9.03. The van der Waals surface area contributed by atoms with Crippen molar-refractivity contribution in [3.63, 3.8) is 0 Å². The first kappa shape index (κ1) is 19.9. The molecule has 0 aromatic heterocycles. The average Bonchev–Trinajstić information content (AvgIpc) is 2.79. The Balaban J connectivity index is 0.00000180. The second kappa shape index (κ2) is 9.06. The minimum atomic E-state index is -1.53. The molecular weight excluding hydrogens is 345 g/mol. The molecule has 1 N–H and O–H groups in total. The Morgan fingerprint density at radius 1 is 1.30 bits per heavy atom. The Labute approximate surface area is 141 Å². The molecule has 0 bridgehead atoms. The monoisotopic (exact) mass is 364 g/mol. The smallest absolute Gasteiger partial charge is 1.00 e. The fourth-order valence-corrected chi connectivity index (χ4v) is 12.4. The minimum absolute atomic E-state index is 0. The normalized spacial score (nSPS) is 15.1. The van der Waals surface area contributed by atoms with Crippen molar-refractivity contribution in [2.24, 2.45) is 0 Å². The molecule has 0 heterocycles. The summed E-state index contributed by atoms with van der Waals surface area (Å²) in [5, 5.41) is 0. The minimum Gasteiger partial charge on any atom is -1.00 e. The first-order valence-electron chi connectivity index (χ1n) is 6.57. The maximum absolute atomic E-state index is 11.7. The number of carbonyl (C=O) groups is 1. The third-order valence-electron chi connectivity index (χ3n) is 3.36. The van der Waals surface area contributed by atoms with Crippen LogP contribution >= 0.6 is 0 Å². The number of rotatable bonds is 4. The van der Waals surface area contributed by atoms with Gasteiger partial charge in [-0.2, -0.15) is 0 Å². The molecule has 1 unspecified atom stereocenters. The van der Waals surface area contributed by atoms with Gasteiger partial charge in [0.2, 0.25) is 0 Å². The van der Waals surface area contributed by atoms with Crippen LogP contribution in [0.5, 0.6) is 0 Å². The van der Waals surface area contributed by atoms with Crippen molar-refractivity contribution < 1.29 is 47.0 Å². The summed E-state index contributed by atoms with van der Waals surface area (Å²) < 4.78 is 3.92. The van der Waals surface area contributed by atoms with E-state index in [0.29, 0.717) is 10.6 Å². The molecule has 0 fully saturated rings. The van der Waals surface area contributed by atoms with Crippen LogP contribution < -0.4 is 28.6 Å². The Hall–Kier alpha value is -0.0588. The van der Waals surface area contributed by atoms with E-state index in [1.165, 1.54) is 11.1 Å². The van der Waals surface area contributed by atoms with Gasteiger partial charge in [0.15, 0.2) is 0 Å². The van der Waals surface area contributed by atoms with E-state index in [4.69, 9.17) is 0 Å². The summed E-state index contributed by atoms with van der Waals surface area (Å²) in [7, 11) is 0. The van der Waals surface area contributed by atoms with Crippen LogP contribution in [-0.4, -0.2) is 12.6 Å². The fourth-order valence-electron chi connectivity index (χ4n) is 2.35. The summed E-state index contributed by atoms with van der Waals surface area (Å²) in [6.45, 7) is 5.90. The van der Waals surface area contributed by atoms with Gasteiger partial charge in [0, 0.05) is 0 Å². The van der Waals surface area contributed by atoms with Crippen LogP contribution in [0.1, 0.15) is 28.7 Å². The summed E-state index contributed by atoms with van der Waals surface area (Å²) in [4.78, 5) is 11.7. The summed E-state index contributed by atoms with van der Waals surface area (Å²) in [5.41, 5.74) is 2.78. The molecule has 0 radical (unpaired) electrons. The SMILES string of the molecule is CCC(=O)[NH][Ti+2]([CH]1C=Cc2ccccc21)[SiH](C)C.[Cl-].[Cl-]. The molecule has 1 aliphatic rings. The number of hydrogen-bond donors (Lipinski definition) is 1. The van der Waals surface area contributed by atoms with Gasteiger partial charge in [-0.3, -0.25) is 0 Å². The van der Waals surface area contributed by atoms with Gasteiger partial charge in [0.25, 0.3) is 0 Å². The first-order valence-corrected chi connectivity index (χ1v) is 13.8. The van der Waals surface area contributed by atoms with E-state index in [1.54, 1.807) is 0 Å². The fraction of sp³-hybridized carbons (Fsp3) is 0.357. The van der Waals surface area contributed by atoms with E-state index < -0.39 is 24.0 Å². The van der Waals surface area contributed by atoms with Crippen LogP contribution in [0.15, 0.2) is 30.3 Å². The third-order valence-corrected chi connectivity index (χ3v) is 15.2. The average molecular weight is 365 g/mol. The molecule has 0 saturated carbocycles. The van der Waals surface area contributed by atoms with Gasteiger partial charge in [0.1, 0.15) is 0 Å². The van der Waals surface area contributed by atoms with E-state index in [1.807, 2.05) is 6.92 Å². The molecule has 0 saturated heterocycles. The summed E-state index contributed by atoms with van der Waals surface area (Å²) >= 11 is -1.53. The van der Waals surface area contributed by atoms with Crippen molar-refractivity contribution in [1.29, 1.82) is 0 Å². The number of halogens is 2. The van der Waals surface area contributed by atoms with Crippen molar-refractivity contribution in [3.8, 4) is 0 Å². The van der Waals surface area contributed by atoms with Gasteiger partial charge in [-0.05, 0) is 0 Å². The molecule has 0 spiro atoms. The summed E-state index contributed by atoms with van der Waals surface area (Å²) in [5.74, 6) is 0.240. The van der Waals surface area contributed by atoms with Crippen molar-refractivity contribution >= 4 is 18.6 Å². The molecular formula is C14H20Cl2NOSiTi. The van der Waals surface area contributed by atoms with Gasteiger partial charge in [-0.1, -0.05) is 0 Å². The van der Waals surface area contributed by atoms with Crippen LogP contribution in [-0.2, 0) is 22.2 Å². The Bertz CT molecular complexity index is 482. The Morgan fingerprint density at radius 3 is 2.55 bits per heavy atom. The van der Waals surface area contributed by atoms with Gasteiger partial charge < -0.3 is 24.8 Å². The predicted molar refractivity (Wildman–Crippen MR) is 75.5 cm³/mol. The second-order valence-electron chi connectivity index (χ2n) is 4.98. The van der Waals surface area contributed by atoms with E-state index in [9.17, 15) is 4.79 Å². The molecule has 20 heavy (non-hydrogen) atoms. The molecule has 1 amide bonds. The molecule has 6 heteroatoms. The van der Waals surface area contributed by atoms with E-state index in [0.717, 1.165) is 0 Å². The third kappa shape index (κ3) is 4.47. The zero-order valence-corrected chi connectivity index (χ0v) is 16.2. The first-order chi connectivity index (χ1) is 8.63. The number of nitrogens with one attached hydrogen (secondary N) is 1. The maximum Gasteiger partial charge on any atom is -1.00 e. The summed E-state index contributed by atoms with van der Waals surface area (Å²) in [6, 6.07) is 8.59. The maximum atomic E-state index is 11.7. The topological polar surface area (TPSA) is 29.1 Å². The zero-order valence-electron chi connectivity index (χ0n) is 12.0. The standard InChI is InChI=1S/C9H7.C3H7NO.C2H7Si.2ClH.Ti/c1-2-5-9-7-3-6-8(9)4-1;1-2-3(4)5;1-3-2;;;/h1-7H;2H2,1H3,(H2,4,5);3H,1-2H3;2*1H;/q;;;;;+3/p-3. The molecule has 0 aliphatic heterocycles. The molecule has 2 rings (SSSR count). The molecule has 2 nitrogen and oxygen atoms in total. The Morgan fingerprint density at radius 2 is 1.95 bits per heavy atom. The number of amides is 1. The van der Waals surface area contributed by atoms with E-state index >= 15 is 0 Å². The molecule has 109 valence electrons. The number of carbonyl (C=O) groups excluding carboxylic acids is 1. The number of fused-ring (bicyclic) bond motifs is 1. The van der Waals surface area contributed by atoms with Crippen LogP contribution in [0, 0.1) is 0 Å². The summed E-state index contributed by atoms with van der Waals surface area (Å²) in [6.07, 6.45) is 5.15. The van der Waals surface area contributed by atoms with Crippen LogP contribution in [0.2, 0.25) is 13.1 Å². The molecule has 1 aromatic carbocycles. The van der Waals surface area contributed by atoms with Crippen molar-refractivity contribution in [1.82, 2.24) is 3.80 Å². The van der Waals surface area contributed by atoms with Gasteiger partial charge in [0.05, 0.1) is 0 Å². The number of allylic oxidation sites excluding steroid dienone is 1. The second-order valence-corrected chi connectivity index (χ2v) is 18.0. The van der Waals surface area contributed by atoms with E-state index in [-0.39, 0.29) is 30.7 Å². The predicted octanol–water partition coefficient (Wildman–Crippen LogP) is -3.19. The largest absolute Gasteiger partial charge is 1.00 e. The van der Waals surface area contributed by atoms with Crippen LogP contribution in [0.4, 0.5) is 0 Å². The zero-order chi connectivity index (χ0) is 13.1. The van der Waals surface area contributed by atoms with Gasteiger partial charge >= 0.3 is 117 Å². The number of benzene rings is 1. The van der Waals surface area contributed by atoms with Gasteiger partial charge in [-0.25, -0.2) is 0 Å². The van der Waals surface area contributed by atoms with Crippen molar-refractivity contribution in [2.75, 3.05) is 0 Å². The molecule has 1 aromatic rings. The molecule has 1 atom stereocenters. The van der Waals surface area contributed by atoms with Crippen molar-refractivity contribution in [2.45, 2.75) is 30.7 Å². The molecule has 1 aliphatic carbocycles. The van der Waals surface area contributed by atoms with Crippen molar-refractivity contribution in [3.05, 3.63) is 41.5 Å².